The van der Waals surface area contributed by atoms with Crippen LogP contribution < -0.4 is 4.65 Å². The second-order valence-corrected chi connectivity index (χ2v) is 2.81. The van der Waals surface area contributed by atoms with Crippen molar-refractivity contribution in [1.29, 1.82) is 0 Å². The molecule has 0 atom stereocenters. The maximum atomic E-state index is 10.7. The van der Waals surface area contributed by atoms with Crippen LogP contribution in [-0.2, 0) is 0 Å². The molecule has 66 valence electrons. The van der Waals surface area contributed by atoms with Gasteiger partial charge in [-0.15, -0.1) is 0 Å². The predicted molar refractivity (Wildman–Crippen MR) is 49.3 cm³/mol. The largest absolute Gasteiger partial charge is 0.567 e. The van der Waals surface area contributed by atoms with Crippen molar-refractivity contribution in [2.24, 2.45) is 0 Å². The Morgan fingerprint density at radius 3 is 2.54 bits per heavy atom. The number of carboxylic acid groups (broad SMARTS) is 1. The Balaban J connectivity index is 3.38. The predicted octanol–water partition coefficient (Wildman–Crippen LogP) is 1.46. The Hall–Kier alpha value is -1.45. The van der Waals surface area contributed by atoms with Gasteiger partial charge in [0, 0.05) is 0 Å². The number of hydrogen-bond acceptors (Lipinski definition) is 2. The van der Waals surface area contributed by atoms with Crippen molar-refractivity contribution in [2.45, 2.75) is 13.8 Å². The highest BCUT2D eigenvalue weighted by molar-refractivity contribution is 6.02. The molecule has 0 heterocycles. The zero-order valence-electron chi connectivity index (χ0n) is 7.50. The van der Waals surface area contributed by atoms with Crippen LogP contribution in [-0.4, -0.2) is 19.1 Å². The molecule has 0 amide bonds. The minimum atomic E-state index is -1.04. The number of benzene rings is 1. The molecule has 1 rings (SSSR count). The van der Waals surface area contributed by atoms with E-state index < -0.39 is 5.97 Å². The van der Waals surface area contributed by atoms with Gasteiger partial charge in [-0.25, -0.2) is 4.79 Å². The van der Waals surface area contributed by atoms with Crippen LogP contribution in [0.25, 0.3) is 0 Å². The fourth-order valence-corrected chi connectivity index (χ4v) is 1.11. The summed E-state index contributed by atoms with van der Waals surface area (Å²) in [6, 6.07) is 3.20. The second-order valence-electron chi connectivity index (χ2n) is 2.81. The summed E-state index contributed by atoms with van der Waals surface area (Å²) < 4.78 is 4.54. The smallest absolute Gasteiger partial charge is 0.374 e. The van der Waals surface area contributed by atoms with E-state index in [4.69, 9.17) is 13.2 Å². The van der Waals surface area contributed by atoms with Crippen LogP contribution in [0.2, 0.25) is 0 Å². The van der Waals surface area contributed by atoms with Gasteiger partial charge in [-0.1, -0.05) is 6.07 Å². The lowest BCUT2D eigenvalue weighted by atomic mass is 10.0. The first-order chi connectivity index (χ1) is 6.07. The molecule has 0 aliphatic heterocycles. The summed E-state index contributed by atoms with van der Waals surface area (Å²) in [4.78, 5) is 10.7. The molecule has 0 spiro atoms. The fourth-order valence-electron chi connectivity index (χ4n) is 1.11. The van der Waals surface area contributed by atoms with Gasteiger partial charge in [-0.05, 0) is 31.0 Å². The molecule has 0 saturated carbocycles. The third kappa shape index (κ3) is 1.66. The van der Waals surface area contributed by atoms with E-state index in [-0.39, 0.29) is 11.3 Å². The first-order valence-corrected chi connectivity index (χ1v) is 3.78. The zero-order chi connectivity index (χ0) is 10.0. The average molecular weight is 176 g/mol. The van der Waals surface area contributed by atoms with Crippen molar-refractivity contribution >= 4 is 14.0 Å². The van der Waals surface area contributed by atoms with E-state index >= 15 is 0 Å². The minimum absolute atomic E-state index is 0.0885. The molecule has 0 fully saturated rings. The second kappa shape index (κ2) is 3.52. The Morgan fingerprint density at radius 2 is 2.08 bits per heavy atom. The molecule has 0 aliphatic rings. The zero-order valence-corrected chi connectivity index (χ0v) is 7.50. The highest BCUT2D eigenvalue weighted by Crippen LogP contribution is 2.25. The first kappa shape index (κ1) is 9.64. The molecule has 0 bridgehead atoms. The van der Waals surface area contributed by atoms with E-state index in [0.29, 0.717) is 0 Å². The molecular weight excluding hydrogens is 167 g/mol. The lowest BCUT2D eigenvalue weighted by molar-refractivity contribution is 0.0695. The summed E-state index contributed by atoms with van der Waals surface area (Å²) in [5.41, 5.74) is 1.79. The van der Waals surface area contributed by atoms with Crippen LogP contribution >= 0.6 is 0 Å². The SMILES string of the molecule is [B]Oc1c(C(=O)O)ccc(C)c1C. The van der Waals surface area contributed by atoms with Gasteiger partial charge in [-0.2, -0.15) is 0 Å². The van der Waals surface area contributed by atoms with E-state index in [1.54, 1.807) is 13.0 Å². The number of aromatic carboxylic acids is 1. The van der Waals surface area contributed by atoms with Crippen LogP contribution in [0.15, 0.2) is 12.1 Å². The van der Waals surface area contributed by atoms with Crippen molar-refractivity contribution in [3.8, 4) is 5.75 Å². The van der Waals surface area contributed by atoms with Gasteiger partial charge in [-0.3, -0.25) is 0 Å². The molecule has 0 saturated heterocycles. The highest BCUT2D eigenvalue weighted by atomic mass is 16.4. The van der Waals surface area contributed by atoms with Crippen LogP contribution in [0.4, 0.5) is 0 Å². The lowest BCUT2D eigenvalue weighted by Crippen LogP contribution is -2.03. The van der Waals surface area contributed by atoms with Crippen molar-refractivity contribution in [3.05, 3.63) is 28.8 Å². The van der Waals surface area contributed by atoms with Gasteiger partial charge >= 0.3 is 14.0 Å². The standard InChI is InChI=1S/C9H9BO3/c1-5-3-4-7(9(11)12)8(13-10)6(5)2/h3-4H,1-2H3,(H,11,12). The Kier molecular flexibility index (Phi) is 2.61. The number of carbonyl (C=O) groups is 1. The third-order valence-electron chi connectivity index (χ3n) is 2.02. The van der Waals surface area contributed by atoms with Crippen LogP contribution in [0.1, 0.15) is 21.5 Å². The summed E-state index contributed by atoms with van der Waals surface area (Å²) in [5, 5.41) is 8.78. The van der Waals surface area contributed by atoms with Crippen molar-refractivity contribution < 1.29 is 14.6 Å². The fraction of sp³-hybridized carbons (Fsp3) is 0.222. The maximum absolute atomic E-state index is 10.7. The summed E-state index contributed by atoms with van der Waals surface area (Å²) in [7, 11) is 4.99. The number of rotatable bonds is 2. The van der Waals surface area contributed by atoms with E-state index in [0.717, 1.165) is 11.1 Å². The Labute approximate surface area is 77.8 Å². The van der Waals surface area contributed by atoms with Crippen LogP contribution in [0.5, 0.6) is 5.75 Å². The van der Waals surface area contributed by atoms with Crippen molar-refractivity contribution in [1.82, 2.24) is 0 Å². The average Bonchev–Trinajstić information content (AvgIpc) is 2.09. The molecule has 0 aromatic heterocycles. The maximum Gasteiger partial charge on any atom is 0.374 e. The molecule has 13 heavy (non-hydrogen) atoms. The van der Waals surface area contributed by atoms with Gasteiger partial charge in [0.2, 0.25) is 0 Å². The molecule has 1 aromatic rings. The van der Waals surface area contributed by atoms with E-state index in [1.165, 1.54) is 6.07 Å². The third-order valence-corrected chi connectivity index (χ3v) is 2.02. The van der Waals surface area contributed by atoms with E-state index in [9.17, 15) is 4.79 Å². The van der Waals surface area contributed by atoms with Crippen LogP contribution in [0, 0.1) is 13.8 Å². The molecule has 4 heteroatoms. The molecule has 1 N–H and O–H groups in total. The number of carboxylic acids is 1. The van der Waals surface area contributed by atoms with E-state index in [2.05, 4.69) is 4.65 Å². The van der Waals surface area contributed by atoms with Crippen molar-refractivity contribution in [3.63, 3.8) is 0 Å². The molecule has 1 aromatic carbocycles. The molecule has 0 aliphatic carbocycles. The summed E-state index contributed by atoms with van der Waals surface area (Å²) >= 11 is 0. The highest BCUT2D eigenvalue weighted by Gasteiger charge is 2.13. The van der Waals surface area contributed by atoms with Gasteiger partial charge in [0.15, 0.2) is 0 Å². The monoisotopic (exact) mass is 176 g/mol. The van der Waals surface area contributed by atoms with E-state index in [1.807, 2.05) is 6.92 Å². The lowest BCUT2D eigenvalue weighted by Gasteiger charge is -2.10. The molecule has 2 radical (unpaired) electrons. The Morgan fingerprint density at radius 1 is 1.46 bits per heavy atom. The molecule has 0 unspecified atom stereocenters. The molecular formula is C9H9BO3. The normalized spacial score (nSPS) is 9.69. The summed E-state index contributed by atoms with van der Waals surface area (Å²) in [6.07, 6.45) is 0. The summed E-state index contributed by atoms with van der Waals surface area (Å²) in [6.45, 7) is 3.63. The van der Waals surface area contributed by atoms with Crippen LogP contribution in [0.3, 0.4) is 0 Å². The van der Waals surface area contributed by atoms with Gasteiger partial charge < -0.3 is 9.76 Å². The number of aryl methyl sites for hydroxylation is 1. The molecule has 3 nitrogen and oxygen atoms in total. The Bertz CT molecular complexity index is 347. The van der Waals surface area contributed by atoms with Gasteiger partial charge in [0.25, 0.3) is 0 Å². The van der Waals surface area contributed by atoms with Gasteiger partial charge in [0.1, 0.15) is 5.75 Å². The van der Waals surface area contributed by atoms with Gasteiger partial charge in [0.05, 0.1) is 5.56 Å². The topological polar surface area (TPSA) is 46.5 Å². The minimum Gasteiger partial charge on any atom is -0.567 e. The van der Waals surface area contributed by atoms with Crippen molar-refractivity contribution in [2.75, 3.05) is 0 Å². The quantitative estimate of drug-likeness (QED) is 0.693. The first-order valence-electron chi connectivity index (χ1n) is 3.78. The number of hydrogen-bond donors (Lipinski definition) is 1. The summed E-state index contributed by atoms with van der Waals surface area (Å²) in [5.74, 6) is -0.809.